The predicted molar refractivity (Wildman–Crippen MR) is 128 cm³/mol. The fourth-order valence-corrected chi connectivity index (χ4v) is 8.43. The third-order valence-corrected chi connectivity index (χ3v) is 10.3. The molecule has 164 valence electrons. The zero-order valence-electron chi connectivity index (χ0n) is 18.8. The summed E-state index contributed by atoms with van der Waals surface area (Å²) in [6.45, 7) is 11.9. The lowest BCUT2D eigenvalue weighted by Crippen LogP contribution is -2.49. The summed E-state index contributed by atoms with van der Waals surface area (Å²) in [5, 5.41) is -0.132. The van der Waals surface area contributed by atoms with Crippen LogP contribution in [0.25, 0.3) is 0 Å². The highest BCUT2D eigenvalue weighted by molar-refractivity contribution is 7.72. The van der Waals surface area contributed by atoms with Gasteiger partial charge in [-0.15, -0.1) is 0 Å². The van der Waals surface area contributed by atoms with Gasteiger partial charge in [0.2, 0.25) is 0 Å². The number of hydrogen-bond donors (Lipinski definition) is 0. The maximum atomic E-state index is 14.4. The average molecular weight is 440 g/mol. The molecule has 1 aliphatic rings. The van der Waals surface area contributed by atoms with Crippen LogP contribution in [0.4, 0.5) is 15.8 Å². The SMILES string of the molecule is Cc1ccc([P@](=Nc2ccccc2)(N2CCN(c3ccccc3F)CC2)C(C)(C)C)o1. The molecule has 0 aliphatic carbocycles. The minimum Gasteiger partial charge on any atom is -0.459 e. The average Bonchev–Trinajstić information content (AvgIpc) is 3.19. The van der Waals surface area contributed by atoms with E-state index >= 15 is 0 Å². The van der Waals surface area contributed by atoms with E-state index in [9.17, 15) is 4.39 Å². The number of benzene rings is 2. The summed E-state index contributed by atoms with van der Waals surface area (Å²) in [6, 6.07) is 21.4. The minimum absolute atomic E-state index is 0.132. The number of rotatable bonds is 4. The van der Waals surface area contributed by atoms with Gasteiger partial charge < -0.3 is 9.32 Å². The molecule has 0 radical (unpaired) electrons. The van der Waals surface area contributed by atoms with Crippen molar-refractivity contribution in [2.24, 2.45) is 4.74 Å². The minimum atomic E-state index is -2.27. The van der Waals surface area contributed by atoms with Gasteiger partial charge in [0.05, 0.1) is 11.4 Å². The molecule has 1 aromatic heterocycles. The van der Waals surface area contributed by atoms with Crippen molar-refractivity contribution in [3.63, 3.8) is 0 Å². The van der Waals surface area contributed by atoms with Gasteiger partial charge in [-0.3, -0.25) is 4.67 Å². The molecule has 3 aromatic rings. The first-order chi connectivity index (χ1) is 14.8. The fourth-order valence-electron chi connectivity index (χ4n) is 4.34. The summed E-state index contributed by atoms with van der Waals surface area (Å²) in [5.74, 6) is 0.736. The molecule has 1 aliphatic heterocycles. The smallest absolute Gasteiger partial charge is 0.157 e. The number of para-hydroxylation sites is 1. The summed E-state index contributed by atoms with van der Waals surface area (Å²) in [7, 11) is -2.27. The molecule has 2 heterocycles. The van der Waals surface area contributed by atoms with Crippen molar-refractivity contribution in [1.29, 1.82) is 0 Å². The van der Waals surface area contributed by atoms with E-state index < -0.39 is 7.21 Å². The Morgan fingerprint density at radius 2 is 1.52 bits per heavy atom. The predicted octanol–water partition coefficient (Wildman–Crippen LogP) is 6.42. The third-order valence-electron chi connectivity index (χ3n) is 5.84. The molecular weight excluding hydrogens is 408 g/mol. The Bertz CT molecular complexity index is 1080. The molecule has 0 bridgehead atoms. The van der Waals surface area contributed by atoms with Crippen LogP contribution in [0.3, 0.4) is 0 Å². The lowest BCUT2D eigenvalue weighted by molar-refractivity contribution is 0.399. The summed E-state index contributed by atoms with van der Waals surface area (Å²) in [4.78, 5) is 2.14. The van der Waals surface area contributed by atoms with Crippen LogP contribution in [0.1, 0.15) is 26.5 Å². The van der Waals surface area contributed by atoms with Gasteiger partial charge in [-0.1, -0.05) is 51.1 Å². The van der Waals surface area contributed by atoms with Crippen molar-refractivity contribution in [2.45, 2.75) is 32.9 Å². The Hall–Kier alpha value is -2.36. The first-order valence-electron chi connectivity index (χ1n) is 10.8. The number of nitrogens with zero attached hydrogens (tertiary/aromatic N) is 3. The van der Waals surface area contributed by atoms with Crippen molar-refractivity contribution in [1.82, 2.24) is 4.67 Å². The summed E-state index contributed by atoms with van der Waals surface area (Å²) in [5.41, 5.74) is 2.60. The van der Waals surface area contributed by atoms with Gasteiger partial charge in [-0.2, -0.15) is 0 Å². The molecule has 31 heavy (non-hydrogen) atoms. The zero-order valence-corrected chi connectivity index (χ0v) is 19.6. The van der Waals surface area contributed by atoms with Gasteiger partial charge in [0.15, 0.2) is 5.50 Å². The second-order valence-corrected chi connectivity index (χ2v) is 12.7. The second kappa shape index (κ2) is 8.64. The largest absolute Gasteiger partial charge is 0.459 e. The summed E-state index contributed by atoms with van der Waals surface area (Å²) < 4.78 is 28.6. The van der Waals surface area contributed by atoms with Crippen LogP contribution in [0.5, 0.6) is 0 Å². The van der Waals surface area contributed by atoms with Gasteiger partial charge in [-0.05, 0) is 43.3 Å². The van der Waals surface area contributed by atoms with E-state index in [0.29, 0.717) is 5.69 Å². The van der Waals surface area contributed by atoms with Crippen LogP contribution in [-0.4, -0.2) is 36.0 Å². The first-order valence-corrected chi connectivity index (χ1v) is 12.5. The first kappa shape index (κ1) is 21.9. The molecule has 2 aromatic carbocycles. The summed E-state index contributed by atoms with van der Waals surface area (Å²) in [6.07, 6.45) is 0. The number of anilines is 1. The highest BCUT2D eigenvalue weighted by Gasteiger charge is 2.44. The van der Waals surface area contributed by atoms with Gasteiger partial charge in [0.25, 0.3) is 0 Å². The molecule has 1 atom stereocenters. The van der Waals surface area contributed by atoms with E-state index in [2.05, 4.69) is 48.5 Å². The van der Waals surface area contributed by atoms with Crippen molar-refractivity contribution < 1.29 is 8.81 Å². The molecule has 0 spiro atoms. The number of piperazine rings is 1. The van der Waals surface area contributed by atoms with Crippen LogP contribution in [0.2, 0.25) is 0 Å². The molecule has 6 heteroatoms. The lowest BCUT2D eigenvalue weighted by atomic mass is 10.2. The number of furan rings is 1. The van der Waals surface area contributed by atoms with Crippen LogP contribution in [0, 0.1) is 12.7 Å². The molecule has 0 N–H and O–H groups in total. The van der Waals surface area contributed by atoms with Crippen LogP contribution in [-0.2, 0) is 0 Å². The van der Waals surface area contributed by atoms with E-state index in [1.807, 2.05) is 43.3 Å². The van der Waals surface area contributed by atoms with Crippen LogP contribution < -0.4 is 10.4 Å². The van der Waals surface area contributed by atoms with Gasteiger partial charge >= 0.3 is 0 Å². The Balaban J connectivity index is 1.77. The van der Waals surface area contributed by atoms with Crippen molar-refractivity contribution in [3.8, 4) is 0 Å². The molecule has 0 saturated carbocycles. The second-order valence-electron chi connectivity index (χ2n) is 8.98. The van der Waals surface area contributed by atoms with Gasteiger partial charge in [0.1, 0.15) is 18.8 Å². The van der Waals surface area contributed by atoms with E-state index in [4.69, 9.17) is 9.16 Å². The van der Waals surface area contributed by atoms with Crippen molar-refractivity contribution in [3.05, 3.63) is 78.3 Å². The Labute approximate surface area is 184 Å². The fraction of sp³-hybridized carbons (Fsp3) is 0.360. The Kier molecular flexibility index (Phi) is 6.09. The lowest BCUT2D eigenvalue weighted by Gasteiger charge is -2.47. The molecule has 1 saturated heterocycles. The Morgan fingerprint density at radius 1 is 0.871 bits per heavy atom. The van der Waals surface area contributed by atoms with Crippen LogP contribution >= 0.6 is 7.21 Å². The normalized spacial score (nSPS) is 17.4. The van der Waals surface area contributed by atoms with Crippen molar-refractivity contribution in [2.75, 3.05) is 31.1 Å². The number of halogens is 1. The highest BCUT2D eigenvalue weighted by atomic mass is 31.2. The Morgan fingerprint density at radius 3 is 2.10 bits per heavy atom. The standard InChI is InChI=1S/C25H31FN3OP/c1-20-14-15-24(30-20)31(25(2,3)4,27-21-10-6-5-7-11-21)29-18-16-28(17-19-29)23-13-9-8-12-22(23)26/h5-15H,16-19H2,1-4H3/t31-/m0/s1. The maximum absolute atomic E-state index is 14.4. The molecule has 4 nitrogen and oxygen atoms in total. The van der Waals surface area contributed by atoms with Crippen LogP contribution in [0.15, 0.2) is 75.9 Å². The molecule has 0 amide bonds. The molecule has 4 rings (SSSR count). The molecule has 0 unspecified atom stereocenters. The monoisotopic (exact) mass is 439 g/mol. The number of hydrogen-bond acceptors (Lipinski definition) is 3. The maximum Gasteiger partial charge on any atom is 0.157 e. The quantitative estimate of drug-likeness (QED) is 0.440. The van der Waals surface area contributed by atoms with Gasteiger partial charge in [-0.25, -0.2) is 9.14 Å². The molecule has 1 fully saturated rings. The van der Waals surface area contributed by atoms with E-state index in [1.54, 1.807) is 6.07 Å². The van der Waals surface area contributed by atoms with E-state index in [-0.39, 0.29) is 11.0 Å². The third kappa shape index (κ3) is 4.22. The number of aryl methyl sites for hydroxylation is 1. The summed E-state index contributed by atoms with van der Waals surface area (Å²) >= 11 is 0. The topological polar surface area (TPSA) is 32.0 Å². The molecular formula is C25H31FN3OP. The van der Waals surface area contributed by atoms with E-state index in [1.165, 1.54) is 6.07 Å². The zero-order chi connectivity index (χ0) is 22.1. The highest BCUT2D eigenvalue weighted by Crippen LogP contribution is 2.64. The van der Waals surface area contributed by atoms with E-state index in [0.717, 1.165) is 43.1 Å². The van der Waals surface area contributed by atoms with Crippen molar-refractivity contribution >= 4 is 24.1 Å². The van der Waals surface area contributed by atoms with Gasteiger partial charge in [0, 0.05) is 31.3 Å².